The van der Waals surface area contributed by atoms with Gasteiger partial charge in [0, 0.05) is 32.4 Å². The van der Waals surface area contributed by atoms with Crippen LogP contribution in [0.25, 0.3) is 0 Å². The Bertz CT molecular complexity index is 541. The minimum atomic E-state index is 0.195. The highest BCUT2D eigenvalue weighted by Crippen LogP contribution is 2.18. The van der Waals surface area contributed by atoms with Gasteiger partial charge in [0.2, 0.25) is 0 Å². The smallest absolute Gasteiger partial charge is 0.149 e. The second kappa shape index (κ2) is 4.53. The van der Waals surface area contributed by atoms with Crippen molar-refractivity contribution in [1.82, 2.24) is 29.6 Å². The maximum Gasteiger partial charge on any atom is 0.149 e. The standard InChI is InChI=1S/C12H18N6/c1-9(14-8-11-13-5-7-17(11)2)12-16-15-10-4-3-6-18(10)12/h5,7,9,14H,3-4,6,8H2,1-2H3. The van der Waals surface area contributed by atoms with Gasteiger partial charge in [-0.15, -0.1) is 10.2 Å². The van der Waals surface area contributed by atoms with Crippen molar-refractivity contribution in [3.05, 3.63) is 29.9 Å². The lowest BCUT2D eigenvalue weighted by atomic mass is 10.3. The number of nitrogens with zero attached hydrogens (tertiary/aromatic N) is 5. The van der Waals surface area contributed by atoms with Gasteiger partial charge in [0.1, 0.15) is 17.5 Å². The Morgan fingerprint density at radius 2 is 2.33 bits per heavy atom. The zero-order chi connectivity index (χ0) is 12.5. The fourth-order valence-corrected chi connectivity index (χ4v) is 2.40. The maximum atomic E-state index is 4.30. The SMILES string of the molecule is CC(NCc1nccn1C)c1nnc2n1CCC2. The number of imidazole rings is 1. The largest absolute Gasteiger partial charge is 0.337 e. The van der Waals surface area contributed by atoms with Gasteiger partial charge in [0.15, 0.2) is 0 Å². The molecule has 1 aliphatic heterocycles. The molecule has 0 bridgehead atoms. The molecule has 96 valence electrons. The van der Waals surface area contributed by atoms with Gasteiger partial charge < -0.3 is 14.5 Å². The summed E-state index contributed by atoms with van der Waals surface area (Å²) in [5, 5.41) is 12.0. The average molecular weight is 246 g/mol. The van der Waals surface area contributed by atoms with E-state index >= 15 is 0 Å². The Balaban J connectivity index is 1.68. The maximum absolute atomic E-state index is 4.30. The van der Waals surface area contributed by atoms with E-state index in [1.165, 1.54) is 6.42 Å². The van der Waals surface area contributed by atoms with Crippen LogP contribution < -0.4 is 5.32 Å². The van der Waals surface area contributed by atoms with Gasteiger partial charge in [-0.3, -0.25) is 0 Å². The average Bonchev–Trinajstić information content (AvgIpc) is 3.01. The molecule has 0 fully saturated rings. The molecule has 0 spiro atoms. The molecule has 3 heterocycles. The van der Waals surface area contributed by atoms with E-state index < -0.39 is 0 Å². The van der Waals surface area contributed by atoms with Gasteiger partial charge in [0.25, 0.3) is 0 Å². The molecule has 18 heavy (non-hydrogen) atoms. The third-order valence-electron chi connectivity index (χ3n) is 3.51. The second-order valence-electron chi connectivity index (χ2n) is 4.79. The van der Waals surface area contributed by atoms with Crippen molar-refractivity contribution in [3.63, 3.8) is 0 Å². The Kier molecular flexibility index (Phi) is 2.87. The van der Waals surface area contributed by atoms with E-state index in [9.17, 15) is 0 Å². The molecule has 1 aliphatic rings. The van der Waals surface area contributed by atoms with Crippen LogP contribution in [0.3, 0.4) is 0 Å². The lowest BCUT2D eigenvalue weighted by Gasteiger charge is -2.13. The molecular formula is C12H18N6. The fourth-order valence-electron chi connectivity index (χ4n) is 2.40. The summed E-state index contributed by atoms with van der Waals surface area (Å²) in [5.41, 5.74) is 0. The van der Waals surface area contributed by atoms with Crippen LogP contribution in [-0.2, 0) is 26.6 Å². The zero-order valence-electron chi connectivity index (χ0n) is 10.8. The molecule has 0 saturated carbocycles. The van der Waals surface area contributed by atoms with Gasteiger partial charge in [-0.05, 0) is 13.3 Å². The third kappa shape index (κ3) is 1.92. The van der Waals surface area contributed by atoms with Crippen molar-refractivity contribution in [2.24, 2.45) is 7.05 Å². The van der Waals surface area contributed by atoms with Crippen LogP contribution in [0.1, 0.15) is 36.9 Å². The number of aryl methyl sites for hydroxylation is 2. The van der Waals surface area contributed by atoms with Gasteiger partial charge in [0.05, 0.1) is 12.6 Å². The summed E-state index contributed by atoms with van der Waals surface area (Å²) in [6, 6.07) is 0.195. The fraction of sp³-hybridized carbons (Fsp3) is 0.583. The molecule has 6 heteroatoms. The quantitative estimate of drug-likeness (QED) is 0.867. The number of hydrogen-bond donors (Lipinski definition) is 1. The number of aromatic nitrogens is 5. The molecule has 2 aromatic heterocycles. The van der Waals surface area contributed by atoms with Crippen molar-refractivity contribution >= 4 is 0 Å². The molecule has 6 nitrogen and oxygen atoms in total. The number of nitrogens with one attached hydrogen (secondary N) is 1. The topological polar surface area (TPSA) is 60.6 Å². The third-order valence-corrected chi connectivity index (χ3v) is 3.51. The Morgan fingerprint density at radius 3 is 3.11 bits per heavy atom. The van der Waals surface area contributed by atoms with E-state index in [-0.39, 0.29) is 6.04 Å². The minimum Gasteiger partial charge on any atom is -0.337 e. The first kappa shape index (κ1) is 11.4. The molecule has 0 aliphatic carbocycles. The second-order valence-corrected chi connectivity index (χ2v) is 4.79. The van der Waals surface area contributed by atoms with E-state index in [1.54, 1.807) is 0 Å². The van der Waals surface area contributed by atoms with Gasteiger partial charge in [-0.25, -0.2) is 4.98 Å². The van der Waals surface area contributed by atoms with Crippen LogP contribution in [-0.4, -0.2) is 24.3 Å². The predicted octanol–water partition coefficient (Wildman–Crippen LogP) is 0.809. The first-order valence-corrected chi connectivity index (χ1v) is 6.37. The lowest BCUT2D eigenvalue weighted by molar-refractivity contribution is 0.501. The molecule has 1 N–H and O–H groups in total. The number of fused-ring (bicyclic) bond motifs is 1. The summed E-state index contributed by atoms with van der Waals surface area (Å²) in [5.74, 6) is 3.19. The van der Waals surface area contributed by atoms with Crippen molar-refractivity contribution in [1.29, 1.82) is 0 Å². The van der Waals surface area contributed by atoms with Crippen LogP contribution in [0, 0.1) is 0 Å². The van der Waals surface area contributed by atoms with Crippen LogP contribution in [0.5, 0.6) is 0 Å². The zero-order valence-corrected chi connectivity index (χ0v) is 10.8. The van der Waals surface area contributed by atoms with Crippen LogP contribution >= 0.6 is 0 Å². The minimum absolute atomic E-state index is 0.195. The molecule has 1 unspecified atom stereocenters. The molecular weight excluding hydrogens is 228 g/mol. The highest BCUT2D eigenvalue weighted by atomic mass is 15.3. The predicted molar refractivity (Wildman–Crippen MR) is 66.8 cm³/mol. The molecule has 1 atom stereocenters. The van der Waals surface area contributed by atoms with E-state index in [1.807, 2.05) is 24.0 Å². The van der Waals surface area contributed by atoms with E-state index in [2.05, 4.69) is 32.0 Å². The first-order valence-electron chi connectivity index (χ1n) is 6.37. The number of hydrogen-bond acceptors (Lipinski definition) is 4. The summed E-state index contributed by atoms with van der Waals surface area (Å²) in [6.45, 7) is 3.91. The van der Waals surface area contributed by atoms with Crippen LogP contribution in [0.4, 0.5) is 0 Å². The van der Waals surface area contributed by atoms with Crippen molar-refractivity contribution < 1.29 is 0 Å². The van der Waals surface area contributed by atoms with Crippen molar-refractivity contribution in [2.75, 3.05) is 0 Å². The van der Waals surface area contributed by atoms with Crippen LogP contribution in [0.15, 0.2) is 12.4 Å². The molecule has 0 amide bonds. The molecule has 0 aromatic carbocycles. The van der Waals surface area contributed by atoms with Crippen molar-refractivity contribution in [2.45, 2.75) is 38.9 Å². The van der Waals surface area contributed by atoms with E-state index in [4.69, 9.17) is 0 Å². The highest BCUT2D eigenvalue weighted by Gasteiger charge is 2.21. The number of rotatable bonds is 4. The molecule has 2 aromatic rings. The normalized spacial score (nSPS) is 15.9. The van der Waals surface area contributed by atoms with E-state index in [0.717, 1.165) is 37.0 Å². The van der Waals surface area contributed by atoms with E-state index in [0.29, 0.717) is 0 Å². The molecule has 0 radical (unpaired) electrons. The van der Waals surface area contributed by atoms with Gasteiger partial charge in [-0.1, -0.05) is 0 Å². The van der Waals surface area contributed by atoms with Gasteiger partial charge >= 0.3 is 0 Å². The summed E-state index contributed by atoms with van der Waals surface area (Å²) < 4.78 is 4.25. The molecule has 0 saturated heterocycles. The Hall–Kier alpha value is -1.69. The van der Waals surface area contributed by atoms with Crippen molar-refractivity contribution in [3.8, 4) is 0 Å². The summed E-state index contributed by atoms with van der Waals surface area (Å²) in [7, 11) is 2.00. The Morgan fingerprint density at radius 1 is 1.44 bits per heavy atom. The summed E-state index contributed by atoms with van der Waals surface area (Å²) in [6.07, 6.45) is 6.01. The molecule has 3 rings (SSSR count). The van der Waals surface area contributed by atoms with Gasteiger partial charge in [-0.2, -0.15) is 0 Å². The Labute approximate surface area is 106 Å². The first-order chi connectivity index (χ1) is 8.75. The summed E-state index contributed by atoms with van der Waals surface area (Å²) >= 11 is 0. The monoisotopic (exact) mass is 246 g/mol. The summed E-state index contributed by atoms with van der Waals surface area (Å²) in [4.78, 5) is 4.30. The lowest BCUT2D eigenvalue weighted by Crippen LogP contribution is -2.23. The van der Waals surface area contributed by atoms with Crippen LogP contribution in [0.2, 0.25) is 0 Å². The highest BCUT2D eigenvalue weighted by molar-refractivity contribution is 5.04.